The minimum absolute atomic E-state index is 0.0400. The van der Waals surface area contributed by atoms with Gasteiger partial charge in [0.15, 0.2) is 0 Å². The van der Waals surface area contributed by atoms with Crippen molar-refractivity contribution in [3.05, 3.63) is 65.9 Å². The van der Waals surface area contributed by atoms with Crippen molar-refractivity contribution in [2.45, 2.75) is 58.2 Å². The molecule has 2 aromatic carbocycles. The van der Waals surface area contributed by atoms with Crippen molar-refractivity contribution in [3.8, 4) is 5.75 Å². The summed E-state index contributed by atoms with van der Waals surface area (Å²) >= 11 is 0. The van der Waals surface area contributed by atoms with Crippen LogP contribution in [-0.2, 0) is 11.0 Å². The molecule has 1 aromatic heterocycles. The topological polar surface area (TPSA) is 51.2 Å². The quantitative estimate of drug-likeness (QED) is 0.416. The van der Waals surface area contributed by atoms with Crippen molar-refractivity contribution >= 4 is 22.5 Å². The molecule has 1 N–H and O–H groups in total. The van der Waals surface area contributed by atoms with Gasteiger partial charge >= 0.3 is 6.18 Å². The molecule has 0 aliphatic heterocycles. The van der Waals surface area contributed by atoms with Gasteiger partial charge in [0.25, 0.3) is 0 Å². The zero-order chi connectivity index (χ0) is 24.3. The molecular weight excluding hydrogens is 441 g/mol. The van der Waals surface area contributed by atoms with Gasteiger partial charge in [-0.25, -0.2) is 0 Å². The highest BCUT2D eigenvalue weighted by molar-refractivity contribution is 5.92. The third-order valence-electron chi connectivity index (χ3n) is 6.71. The Balaban J connectivity index is 1.38. The van der Waals surface area contributed by atoms with Crippen molar-refractivity contribution in [2.75, 3.05) is 5.32 Å². The Bertz CT molecular complexity index is 1140. The predicted octanol–water partition coefficient (Wildman–Crippen LogP) is 7.16. The molecule has 1 amide bonds. The molecule has 1 heterocycles. The Kier molecular flexibility index (Phi) is 7.10. The number of ether oxygens (including phenoxy) is 1. The fourth-order valence-corrected chi connectivity index (χ4v) is 4.79. The Hall–Kier alpha value is -3.09. The summed E-state index contributed by atoms with van der Waals surface area (Å²) in [5.41, 5.74) is 1.50. The lowest BCUT2D eigenvalue weighted by Crippen LogP contribution is -2.34. The van der Waals surface area contributed by atoms with Crippen LogP contribution in [0.25, 0.3) is 10.9 Å². The summed E-state index contributed by atoms with van der Waals surface area (Å²) in [6.07, 6.45) is 1.12. The number of hydrogen-bond donors (Lipinski definition) is 1. The average molecular weight is 471 g/mol. The number of fused-ring (bicyclic) bond motifs is 1. The van der Waals surface area contributed by atoms with E-state index in [4.69, 9.17) is 4.74 Å². The van der Waals surface area contributed by atoms with Crippen LogP contribution in [0.1, 0.15) is 50.2 Å². The number of aryl methyl sites for hydroxylation is 1. The number of aromatic nitrogens is 1. The lowest BCUT2D eigenvalue weighted by atomic mass is 9.77. The Morgan fingerprint density at radius 2 is 1.79 bits per heavy atom. The van der Waals surface area contributed by atoms with Gasteiger partial charge < -0.3 is 10.1 Å². The van der Waals surface area contributed by atoms with E-state index in [0.29, 0.717) is 11.1 Å². The van der Waals surface area contributed by atoms with E-state index in [1.165, 1.54) is 12.3 Å². The minimum Gasteiger partial charge on any atom is -0.490 e. The second-order valence-corrected chi connectivity index (χ2v) is 9.06. The number of carbonyl (C=O) groups excluding carboxylic acids is 1. The van der Waals surface area contributed by atoms with Gasteiger partial charge in [-0.2, -0.15) is 13.2 Å². The van der Waals surface area contributed by atoms with Crippen molar-refractivity contribution < 1.29 is 22.7 Å². The summed E-state index contributed by atoms with van der Waals surface area (Å²) < 4.78 is 45.3. The van der Waals surface area contributed by atoms with Crippen LogP contribution < -0.4 is 10.1 Å². The molecule has 7 heteroatoms. The number of nitrogens with zero attached hydrogens (tertiary/aromatic N) is 1. The smallest absolute Gasteiger partial charge is 0.416 e. The lowest BCUT2D eigenvalue weighted by Gasteiger charge is -2.33. The molecule has 1 unspecified atom stereocenters. The van der Waals surface area contributed by atoms with E-state index in [1.54, 1.807) is 6.07 Å². The fraction of sp³-hybridized carbons (Fsp3) is 0.407. The first-order valence-electron chi connectivity index (χ1n) is 11.7. The standard InChI is InChI=1S/C27H29F3N2O2/c1-3-22(26(33)32-20-9-4-17(2)5-10-20)18-6-11-21(12-7-18)34-25-14-15-31-24-16-19(27(28,29)30)8-13-23(24)25/h4-5,8-10,13-16,18,21-22H,3,6-7,11-12H2,1-2H3,(H,32,33). The van der Waals surface area contributed by atoms with Crippen molar-refractivity contribution in [2.24, 2.45) is 11.8 Å². The van der Waals surface area contributed by atoms with Gasteiger partial charge in [0, 0.05) is 23.2 Å². The molecule has 3 aromatic rings. The van der Waals surface area contributed by atoms with Gasteiger partial charge in [-0.15, -0.1) is 0 Å². The third kappa shape index (κ3) is 5.51. The van der Waals surface area contributed by atoms with Gasteiger partial charge in [0.1, 0.15) is 5.75 Å². The fourth-order valence-electron chi connectivity index (χ4n) is 4.79. The number of pyridine rings is 1. The number of hydrogen-bond acceptors (Lipinski definition) is 3. The second-order valence-electron chi connectivity index (χ2n) is 9.06. The molecule has 4 nitrogen and oxygen atoms in total. The molecule has 1 aliphatic rings. The summed E-state index contributed by atoms with van der Waals surface area (Å²) in [6.45, 7) is 4.05. The lowest BCUT2D eigenvalue weighted by molar-refractivity contribution is -0.137. The Morgan fingerprint density at radius 1 is 1.09 bits per heavy atom. The summed E-state index contributed by atoms with van der Waals surface area (Å²) in [7, 11) is 0. The van der Waals surface area contributed by atoms with Crippen molar-refractivity contribution in [1.82, 2.24) is 4.98 Å². The van der Waals surface area contributed by atoms with Gasteiger partial charge in [0.2, 0.25) is 5.91 Å². The number of halogens is 3. The van der Waals surface area contributed by atoms with E-state index in [2.05, 4.69) is 10.3 Å². The summed E-state index contributed by atoms with van der Waals surface area (Å²) in [5, 5.41) is 3.62. The van der Waals surface area contributed by atoms with Crippen LogP contribution in [0.2, 0.25) is 0 Å². The monoisotopic (exact) mass is 470 g/mol. The zero-order valence-electron chi connectivity index (χ0n) is 19.4. The van der Waals surface area contributed by atoms with E-state index < -0.39 is 11.7 Å². The van der Waals surface area contributed by atoms with Crippen LogP contribution in [0, 0.1) is 18.8 Å². The SMILES string of the molecule is CCC(C(=O)Nc1ccc(C)cc1)C1CCC(Oc2ccnc3cc(C(F)(F)F)ccc23)CC1. The van der Waals surface area contributed by atoms with Crippen molar-refractivity contribution in [3.63, 3.8) is 0 Å². The van der Waals surface area contributed by atoms with Gasteiger partial charge in [-0.05, 0) is 81.3 Å². The number of carbonyl (C=O) groups is 1. The van der Waals surface area contributed by atoms with Crippen LogP contribution in [-0.4, -0.2) is 17.0 Å². The molecule has 1 fully saturated rings. The molecule has 1 saturated carbocycles. The first kappa shape index (κ1) is 24.0. The Morgan fingerprint density at radius 3 is 2.44 bits per heavy atom. The third-order valence-corrected chi connectivity index (χ3v) is 6.71. The molecule has 0 radical (unpaired) electrons. The number of anilines is 1. The summed E-state index contributed by atoms with van der Waals surface area (Å²) in [6, 6.07) is 13.0. The highest BCUT2D eigenvalue weighted by Crippen LogP contribution is 2.37. The van der Waals surface area contributed by atoms with Gasteiger partial charge in [-0.1, -0.05) is 24.6 Å². The maximum absolute atomic E-state index is 13.0. The maximum Gasteiger partial charge on any atom is 0.416 e. The van der Waals surface area contributed by atoms with Crippen LogP contribution in [0.5, 0.6) is 5.75 Å². The molecule has 34 heavy (non-hydrogen) atoms. The van der Waals surface area contributed by atoms with E-state index in [1.807, 2.05) is 38.1 Å². The first-order chi connectivity index (χ1) is 16.2. The normalized spacial score (nSPS) is 19.6. The van der Waals surface area contributed by atoms with Gasteiger partial charge in [0.05, 0.1) is 17.2 Å². The van der Waals surface area contributed by atoms with Crippen molar-refractivity contribution in [1.29, 1.82) is 0 Å². The highest BCUT2D eigenvalue weighted by atomic mass is 19.4. The molecule has 180 valence electrons. The number of nitrogens with one attached hydrogen (secondary N) is 1. The molecule has 1 aliphatic carbocycles. The number of benzene rings is 2. The van der Waals surface area contributed by atoms with Crippen LogP contribution in [0.15, 0.2) is 54.7 Å². The number of rotatable bonds is 6. The molecular formula is C27H29F3N2O2. The largest absolute Gasteiger partial charge is 0.490 e. The maximum atomic E-state index is 13.0. The van der Waals surface area contributed by atoms with Crippen LogP contribution in [0.3, 0.4) is 0 Å². The van der Waals surface area contributed by atoms with Crippen LogP contribution >= 0.6 is 0 Å². The van der Waals surface area contributed by atoms with Gasteiger partial charge in [-0.3, -0.25) is 9.78 Å². The molecule has 4 rings (SSSR count). The number of alkyl halides is 3. The van der Waals surface area contributed by atoms with E-state index in [-0.39, 0.29) is 29.4 Å². The summed E-state index contributed by atoms with van der Waals surface area (Å²) in [5.74, 6) is 0.811. The number of amides is 1. The molecule has 0 bridgehead atoms. The average Bonchev–Trinajstić information content (AvgIpc) is 2.81. The summed E-state index contributed by atoms with van der Waals surface area (Å²) in [4.78, 5) is 17.0. The molecule has 0 spiro atoms. The van der Waals surface area contributed by atoms with E-state index in [9.17, 15) is 18.0 Å². The van der Waals surface area contributed by atoms with E-state index >= 15 is 0 Å². The Labute approximate surface area is 197 Å². The highest BCUT2D eigenvalue weighted by Gasteiger charge is 2.33. The molecule has 0 saturated heterocycles. The molecule has 1 atom stereocenters. The first-order valence-corrected chi connectivity index (χ1v) is 11.7. The van der Waals surface area contributed by atoms with Crippen LogP contribution in [0.4, 0.5) is 18.9 Å². The predicted molar refractivity (Wildman–Crippen MR) is 127 cm³/mol. The minimum atomic E-state index is -4.41. The van der Waals surface area contributed by atoms with E-state index in [0.717, 1.165) is 55.5 Å². The zero-order valence-corrected chi connectivity index (χ0v) is 19.4. The second kappa shape index (κ2) is 10.0.